The molecule has 1 amide bonds. The summed E-state index contributed by atoms with van der Waals surface area (Å²) in [5, 5.41) is 9.08. The van der Waals surface area contributed by atoms with E-state index in [4.69, 9.17) is 16.3 Å². The smallest absolute Gasteiger partial charge is 0.253 e. The summed E-state index contributed by atoms with van der Waals surface area (Å²) >= 11 is 5.91. The summed E-state index contributed by atoms with van der Waals surface area (Å²) in [5.41, 5.74) is 2.35. The predicted molar refractivity (Wildman–Crippen MR) is 109 cm³/mol. The molecule has 0 spiro atoms. The number of carbonyl (C=O) groups is 1. The molecule has 0 saturated carbocycles. The molecule has 0 radical (unpaired) electrons. The summed E-state index contributed by atoms with van der Waals surface area (Å²) < 4.78 is 7.87. The van der Waals surface area contributed by atoms with Gasteiger partial charge in [-0.25, -0.2) is 4.68 Å². The Morgan fingerprint density at radius 2 is 1.86 bits per heavy atom. The van der Waals surface area contributed by atoms with Crippen LogP contribution in [-0.2, 0) is 0 Å². The molecule has 146 valence electrons. The van der Waals surface area contributed by atoms with Gasteiger partial charge >= 0.3 is 0 Å². The highest BCUT2D eigenvalue weighted by molar-refractivity contribution is 6.30. The van der Waals surface area contributed by atoms with E-state index in [9.17, 15) is 4.79 Å². The molecule has 7 heteroatoms. The zero-order chi connectivity index (χ0) is 19.7. The number of rotatable bonds is 4. The fourth-order valence-electron chi connectivity index (χ4n) is 3.52. The number of piperidine rings is 1. The zero-order valence-electron chi connectivity index (χ0n) is 16.0. The molecule has 2 aromatic carbocycles. The van der Waals surface area contributed by atoms with Crippen LogP contribution in [0.15, 0.2) is 42.5 Å². The van der Waals surface area contributed by atoms with Crippen molar-refractivity contribution in [3.05, 3.63) is 53.1 Å². The lowest BCUT2D eigenvalue weighted by atomic mass is 10.1. The fourth-order valence-corrected chi connectivity index (χ4v) is 3.65. The molecule has 28 heavy (non-hydrogen) atoms. The lowest BCUT2D eigenvalue weighted by Gasteiger charge is -2.32. The Morgan fingerprint density at radius 1 is 1.14 bits per heavy atom. The van der Waals surface area contributed by atoms with Crippen LogP contribution in [0.3, 0.4) is 0 Å². The molecular formula is C21H23ClN4O2. The van der Waals surface area contributed by atoms with Crippen LogP contribution >= 0.6 is 11.6 Å². The molecule has 1 aromatic heterocycles. The summed E-state index contributed by atoms with van der Waals surface area (Å²) in [6.07, 6.45) is 1.72. The van der Waals surface area contributed by atoms with Gasteiger partial charge in [-0.3, -0.25) is 4.79 Å². The maximum Gasteiger partial charge on any atom is 0.253 e. The van der Waals surface area contributed by atoms with Gasteiger partial charge in [0.2, 0.25) is 0 Å². The molecular weight excluding hydrogens is 376 g/mol. The van der Waals surface area contributed by atoms with Crippen LogP contribution < -0.4 is 4.74 Å². The minimum Gasteiger partial charge on any atom is -0.490 e. The van der Waals surface area contributed by atoms with Crippen molar-refractivity contribution in [2.45, 2.75) is 38.8 Å². The van der Waals surface area contributed by atoms with E-state index in [1.807, 2.05) is 52.0 Å². The third kappa shape index (κ3) is 3.83. The van der Waals surface area contributed by atoms with E-state index in [1.165, 1.54) is 0 Å². The van der Waals surface area contributed by atoms with Gasteiger partial charge in [0.05, 0.1) is 5.52 Å². The van der Waals surface area contributed by atoms with Crippen LogP contribution in [0, 0.1) is 0 Å². The number of nitrogens with zero attached hydrogens (tertiary/aromatic N) is 4. The average molecular weight is 399 g/mol. The van der Waals surface area contributed by atoms with Crippen molar-refractivity contribution in [2.75, 3.05) is 13.1 Å². The number of carbonyl (C=O) groups excluding carboxylic acids is 1. The van der Waals surface area contributed by atoms with Gasteiger partial charge in [-0.15, -0.1) is 5.10 Å². The molecule has 0 N–H and O–H groups in total. The average Bonchev–Trinajstić information content (AvgIpc) is 3.13. The number of halogens is 1. The molecule has 2 heterocycles. The van der Waals surface area contributed by atoms with Gasteiger partial charge in [-0.1, -0.05) is 16.8 Å². The number of likely N-dealkylation sites (tertiary alicyclic amines) is 1. The van der Waals surface area contributed by atoms with Crippen LogP contribution in [0.5, 0.6) is 5.75 Å². The normalized spacial score (nSPS) is 15.4. The fraction of sp³-hybridized carbons (Fsp3) is 0.381. The minimum atomic E-state index is 0.0333. The van der Waals surface area contributed by atoms with E-state index in [-0.39, 0.29) is 18.1 Å². The number of ether oxygens (including phenoxy) is 1. The molecule has 1 aliphatic heterocycles. The highest BCUT2D eigenvalue weighted by Crippen LogP contribution is 2.23. The highest BCUT2D eigenvalue weighted by Gasteiger charge is 2.25. The first-order valence-electron chi connectivity index (χ1n) is 9.58. The van der Waals surface area contributed by atoms with E-state index in [2.05, 4.69) is 24.2 Å². The van der Waals surface area contributed by atoms with Gasteiger partial charge < -0.3 is 9.64 Å². The van der Waals surface area contributed by atoms with Crippen molar-refractivity contribution in [1.82, 2.24) is 19.9 Å². The summed E-state index contributed by atoms with van der Waals surface area (Å²) in [4.78, 5) is 14.8. The Hall–Kier alpha value is -2.60. The number of amides is 1. The Bertz CT molecular complexity index is 976. The second-order valence-corrected chi connectivity index (χ2v) is 7.83. The third-order valence-corrected chi connectivity index (χ3v) is 5.30. The first-order valence-corrected chi connectivity index (χ1v) is 9.95. The molecule has 0 unspecified atom stereocenters. The SMILES string of the molecule is CC(C)n1nnc2cc(C(=O)N3CCC(Oc4ccc(Cl)cc4)CC3)ccc21. The summed E-state index contributed by atoms with van der Waals surface area (Å²) in [7, 11) is 0. The van der Waals surface area contributed by atoms with E-state index in [1.54, 1.807) is 0 Å². The standard InChI is InChI=1S/C21H23ClN4O2/c1-14(2)26-20-8-3-15(13-19(20)23-24-26)21(27)25-11-9-18(10-12-25)28-17-6-4-16(22)5-7-17/h3-8,13-14,18H,9-12H2,1-2H3. The molecule has 0 aliphatic carbocycles. The molecule has 1 aliphatic rings. The summed E-state index contributed by atoms with van der Waals surface area (Å²) in [6, 6.07) is 13.2. The van der Waals surface area contributed by atoms with Gasteiger partial charge in [-0.2, -0.15) is 0 Å². The maximum absolute atomic E-state index is 12.9. The van der Waals surface area contributed by atoms with Crippen molar-refractivity contribution >= 4 is 28.5 Å². The largest absolute Gasteiger partial charge is 0.490 e. The molecule has 3 aromatic rings. The van der Waals surface area contributed by atoms with E-state index in [0.717, 1.165) is 29.6 Å². The van der Waals surface area contributed by atoms with E-state index < -0.39 is 0 Å². The van der Waals surface area contributed by atoms with Gasteiger partial charge in [0.1, 0.15) is 17.4 Å². The topological polar surface area (TPSA) is 60.2 Å². The number of hydrogen-bond donors (Lipinski definition) is 0. The third-order valence-electron chi connectivity index (χ3n) is 5.05. The van der Waals surface area contributed by atoms with Gasteiger partial charge in [-0.05, 0) is 56.3 Å². The Balaban J connectivity index is 1.39. The highest BCUT2D eigenvalue weighted by atomic mass is 35.5. The quantitative estimate of drug-likeness (QED) is 0.655. The second-order valence-electron chi connectivity index (χ2n) is 7.39. The summed E-state index contributed by atoms with van der Waals surface area (Å²) in [5.74, 6) is 0.846. The minimum absolute atomic E-state index is 0.0333. The molecule has 1 fully saturated rings. The summed E-state index contributed by atoms with van der Waals surface area (Å²) in [6.45, 7) is 5.47. The van der Waals surface area contributed by atoms with Gasteiger partial charge in [0.15, 0.2) is 0 Å². The monoisotopic (exact) mass is 398 g/mol. The number of fused-ring (bicyclic) bond motifs is 1. The molecule has 0 atom stereocenters. The van der Waals surface area contributed by atoms with Crippen molar-refractivity contribution in [2.24, 2.45) is 0 Å². The van der Waals surface area contributed by atoms with E-state index in [0.29, 0.717) is 23.7 Å². The molecule has 4 rings (SSSR count). The van der Waals surface area contributed by atoms with Gasteiger partial charge in [0, 0.05) is 42.6 Å². The maximum atomic E-state index is 12.9. The van der Waals surface area contributed by atoms with Crippen molar-refractivity contribution in [3.8, 4) is 5.75 Å². The molecule has 6 nitrogen and oxygen atoms in total. The predicted octanol–water partition coefficient (Wildman–Crippen LogP) is 4.35. The molecule has 0 bridgehead atoms. The van der Waals surface area contributed by atoms with Crippen molar-refractivity contribution in [1.29, 1.82) is 0 Å². The number of aromatic nitrogens is 3. The van der Waals surface area contributed by atoms with Crippen LogP contribution in [0.25, 0.3) is 11.0 Å². The Morgan fingerprint density at radius 3 is 2.54 bits per heavy atom. The first kappa shape index (κ1) is 18.7. The van der Waals surface area contributed by atoms with Crippen LogP contribution in [0.2, 0.25) is 5.02 Å². The van der Waals surface area contributed by atoms with Crippen molar-refractivity contribution < 1.29 is 9.53 Å². The van der Waals surface area contributed by atoms with E-state index >= 15 is 0 Å². The lowest BCUT2D eigenvalue weighted by Crippen LogP contribution is -2.41. The number of hydrogen-bond acceptors (Lipinski definition) is 4. The zero-order valence-corrected chi connectivity index (χ0v) is 16.8. The van der Waals surface area contributed by atoms with Crippen molar-refractivity contribution in [3.63, 3.8) is 0 Å². The molecule has 1 saturated heterocycles. The number of benzene rings is 2. The van der Waals surface area contributed by atoms with Crippen LogP contribution in [0.1, 0.15) is 43.1 Å². The Labute approximate surface area is 169 Å². The van der Waals surface area contributed by atoms with Crippen LogP contribution in [0.4, 0.5) is 0 Å². The second kappa shape index (κ2) is 7.80. The van der Waals surface area contributed by atoms with Gasteiger partial charge in [0.25, 0.3) is 5.91 Å². The van der Waals surface area contributed by atoms with Crippen LogP contribution in [-0.4, -0.2) is 45.0 Å². The first-order chi connectivity index (χ1) is 13.5. The Kier molecular flexibility index (Phi) is 5.22. The lowest BCUT2D eigenvalue weighted by molar-refractivity contribution is 0.0595.